The third kappa shape index (κ3) is 4.90. The van der Waals surface area contributed by atoms with Crippen LogP contribution in [0.5, 0.6) is 0 Å². The highest BCUT2D eigenvalue weighted by Gasteiger charge is 2.16. The van der Waals surface area contributed by atoms with Crippen molar-refractivity contribution in [3.63, 3.8) is 0 Å². The molecule has 0 aliphatic heterocycles. The van der Waals surface area contributed by atoms with Crippen molar-refractivity contribution < 1.29 is 4.79 Å². The molecule has 0 saturated carbocycles. The molecule has 2 aromatic carbocycles. The lowest BCUT2D eigenvalue weighted by molar-refractivity contribution is -0.119. The van der Waals surface area contributed by atoms with E-state index in [4.69, 9.17) is 11.6 Å². The van der Waals surface area contributed by atoms with E-state index in [-0.39, 0.29) is 17.7 Å². The first kappa shape index (κ1) is 19.5. The van der Waals surface area contributed by atoms with E-state index in [1.807, 2.05) is 73.0 Å². The van der Waals surface area contributed by atoms with Crippen LogP contribution in [0, 0.1) is 0 Å². The summed E-state index contributed by atoms with van der Waals surface area (Å²) in [6.45, 7) is 4.71. The second-order valence-electron chi connectivity index (χ2n) is 6.05. The molecule has 0 aliphatic rings. The molecule has 0 saturated heterocycles. The summed E-state index contributed by atoms with van der Waals surface area (Å²) in [4.78, 5) is 12.3. The van der Waals surface area contributed by atoms with Gasteiger partial charge in [-0.2, -0.15) is 0 Å². The highest BCUT2D eigenvalue weighted by Crippen LogP contribution is 2.25. The Bertz CT molecular complexity index is 913. The Morgan fingerprint density at radius 1 is 1.19 bits per heavy atom. The minimum atomic E-state index is -0.0367. The zero-order valence-electron chi connectivity index (χ0n) is 15.2. The van der Waals surface area contributed by atoms with Crippen LogP contribution in [0.3, 0.4) is 0 Å². The van der Waals surface area contributed by atoms with Crippen molar-refractivity contribution >= 4 is 29.3 Å². The van der Waals surface area contributed by atoms with E-state index in [2.05, 4.69) is 15.5 Å². The molecule has 1 N–H and O–H groups in total. The van der Waals surface area contributed by atoms with Crippen LogP contribution in [-0.4, -0.2) is 26.4 Å². The number of rotatable bonds is 7. The molecule has 0 radical (unpaired) electrons. The summed E-state index contributed by atoms with van der Waals surface area (Å²) in [5.74, 6) is 0.997. The number of halogens is 1. The molecule has 0 unspecified atom stereocenters. The van der Waals surface area contributed by atoms with Crippen LogP contribution < -0.4 is 5.32 Å². The molecule has 1 heterocycles. The van der Waals surface area contributed by atoms with E-state index in [1.165, 1.54) is 11.8 Å². The van der Waals surface area contributed by atoms with Gasteiger partial charge in [0.25, 0.3) is 0 Å². The summed E-state index contributed by atoms with van der Waals surface area (Å²) in [5.41, 5.74) is 1.99. The number of benzene rings is 2. The molecule has 1 amide bonds. The summed E-state index contributed by atoms with van der Waals surface area (Å²) in [6.07, 6.45) is 0. The second-order valence-corrected chi connectivity index (χ2v) is 7.43. The topological polar surface area (TPSA) is 59.8 Å². The van der Waals surface area contributed by atoms with Crippen LogP contribution in [-0.2, 0) is 11.3 Å². The van der Waals surface area contributed by atoms with Crippen molar-refractivity contribution in [1.82, 2.24) is 20.1 Å². The Labute approximate surface area is 168 Å². The number of amides is 1. The summed E-state index contributed by atoms with van der Waals surface area (Å²) in [6, 6.07) is 17.4. The molecule has 3 aromatic rings. The number of hydrogen-bond acceptors (Lipinski definition) is 4. The van der Waals surface area contributed by atoms with Gasteiger partial charge in [0.05, 0.1) is 11.8 Å². The van der Waals surface area contributed by atoms with Gasteiger partial charge >= 0.3 is 0 Å². The maximum atomic E-state index is 12.3. The molecule has 0 fully saturated rings. The third-order valence-electron chi connectivity index (χ3n) is 4.13. The zero-order valence-corrected chi connectivity index (χ0v) is 16.8. The van der Waals surface area contributed by atoms with E-state index in [1.54, 1.807) is 0 Å². The highest BCUT2D eigenvalue weighted by molar-refractivity contribution is 7.99. The smallest absolute Gasteiger partial charge is 0.230 e. The van der Waals surface area contributed by atoms with E-state index >= 15 is 0 Å². The number of nitrogens with one attached hydrogen (secondary N) is 1. The monoisotopic (exact) mass is 400 g/mol. The molecule has 3 rings (SSSR count). The molecule has 1 atom stereocenters. The Morgan fingerprint density at radius 2 is 1.96 bits per heavy atom. The molecular formula is C20H21ClN4OS. The molecule has 7 heteroatoms. The average molecular weight is 401 g/mol. The van der Waals surface area contributed by atoms with E-state index in [0.29, 0.717) is 11.6 Å². The normalized spacial score (nSPS) is 12.0. The highest BCUT2D eigenvalue weighted by atomic mass is 35.5. The van der Waals surface area contributed by atoms with Crippen LogP contribution in [0.25, 0.3) is 11.4 Å². The largest absolute Gasteiger partial charge is 0.349 e. The summed E-state index contributed by atoms with van der Waals surface area (Å²) in [7, 11) is 0. The first-order chi connectivity index (χ1) is 13.1. The maximum absolute atomic E-state index is 12.3. The summed E-state index contributed by atoms with van der Waals surface area (Å²) >= 11 is 7.46. The number of nitrogens with zero attached hydrogens (tertiary/aromatic N) is 3. The van der Waals surface area contributed by atoms with Gasteiger partial charge in [-0.1, -0.05) is 65.8 Å². The molecular weight excluding hydrogens is 380 g/mol. The van der Waals surface area contributed by atoms with Gasteiger partial charge in [0.1, 0.15) is 0 Å². The number of aromatic nitrogens is 3. The predicted octanol–water partition coefficient (Wildman–Crippen LogP) is 4.59. The first-order valence-corrected chi connectivity index (χ1v) is 10.1. The van der Waals surface area contributed by atoms with Crippen molar-refractivity contribution in [2.75, 3.05) is 5.75 Å². The van der Waals surface area contributed by atoms with Gasteiger partial charge in [-0.3, -0.25) is 4.79 Å². The minimum absolute atomic E-state index is 0.0358. The molecule has 0 aliphatic carbocycles. The van der Waals surface area contributed by atoms with Crippen LogP contribution >= 0.6 is 23.4 Å². The molecule has 0 spiro atoms. The second kappa shape index (κ2) is 9.06. The first-order valence-electron chi connectivity index (χ1n) is 8.74. The van der Waals surface area contributed by atoms with Crippen molar-refractivity contribution in [1.29, 1.82) is 0 Å². The van der Waals surface area contributed by atoms with Crippen LogP contribution in [0.4, 0.5) is 0 Å². The standard InChI is InChI=1S/C20H21ClN4OS/c1-3-25-19(16-10-7-11-17(21)12-16)23-24-20(25)27-13-18(26)22-14(2)15-8-5-4-6-9-15/h4-12,14H,3,13H2,1-2H3,(H,22,26)/t14-/m0/s1. The fourth-order valence-corrected chi connectivity index (χ4v) is 3.76. The lowest BCUT2D eigenvalue weighted by atomic mass is 10.1. The van der Waals surface area contributed by atoms with Gasteiger partial charge in [0.2, 0.25) is 5.91 Å². The molecule has 0 bridgehead atoms. The van der Waals surface area contributed by atoms with E-state index in [9.17, 15) is 4.79 Å². The summed E-state index contributed by atoms with van der Waals surface area (Å²) < 4.78 is 1.99. The van der Waals surface area contributed by atoms with Crippen molar-refractivity contribution in [2.24, 2.45) is 0 Å². The quantitative estimate of drug-likeness (QED) is 0.589. The van der Waals surface area contributed by atoms with Crippen LogP contribution in [0.1, 0.15) is 25.5 Å². The van der Waals surface area contributed by atoms with Gasteiger partial charge in [-0.05, 0) is 31.5 Å². The van der Waals surface area contributed by atoms with Gasteiger partial charge in [-0.25, -0.2) is 0 Å². The van der Waals surface area contributed by atoms with Crippen molar-refractivity contribution in [3.05, 3.63) is 65.2 Å². The van der Waals surface area contributed by atoms with Crippen molar-refractivity contribution in [3.8, 4) is 11.4 Å². The molecule has 27 heavy (non-hydrogen) atoms. The van der Waals surface area contributed by atoms with Crippen LogP contribution in [0.2, 0.25) is 5.02 Å². The van der Waals surface area contributed by atoms with Crippen LogP contribution in [0.15, 0.2) is 59.8 Å². The van der Waals surface area contributed by atoms with Gasteiger partial charge in [0.15, 0.2) is 11.0 Å². The number of carbonyl (C=O) groups excluding carboxylic acids is 1. The molecule has 5 nitrogen and oxygen atoms in total. The fraction of sp³-hybridized carbons (Fsp3) is 0.250. The lowest BCUT2D eigenvalue weighted by Crippen LogP contribution is -2.28. The van der Waals surface area contributed by atoms with Crippen molar-refractivity contribution in [2.45, 2.75) is 31.6 Å². The predicted molar refractivity (Wildman–Crippen MR) is 110 cm³/mol. The zero-order chi connectivity index (χ0) is 19.2. The number of carbonyl (C=O) groups is 1. The lowest BCUT2D eigenvalue weighted by Gasteiger charge is -2.14. The van der Waals surface area contributed by atoms with E-state index in [0.717, 1.165) is 22.1 Å². The average Bonchev–Trinajstić information content (AvgIpc) is 3.10. The minimum Gasteiger partial charge on any atom is -0.349 e. The molecule has 1 aromatic heterocycles. The number of hydrogen-bond donors (Lipinski definition) is 1. The Kier molecular flexibility index (Phi) is 6.53. The van der Waals surface area contributed by atoms with Gasteiger partial charge in [0, 0.05) is 17.1 Å². The maximum Gasteiger partial charge on any atom is 0.230 e. The summed E-state index contributed by atoms with van der Waals surface area (Å²) in [5, 5.41) is 12.9. The Hall–Kier alpha value is -2.31. The fourth-order valence-electron chi connectivity index (χ4n) is 2.76. The van der Waals surface area contributed by atoms with Gasteiger partial charge in [-0.15, -0.1) is 10.2 Å². The Balaban J connectivity index is 1.65. The number of thioether (sulfide) groups is 1. The Morgan fingerprint density at radius 3 is 2.67 bits per heavy atom. The third-order valence-corrected chi connectivity index (χ3v) is 5.33. The van der Waals surface area contributed by atoms with Gasteiger partial charge < -0.3 is 9.88 Å². The van der Waals surface area contributed by atoms with E-state index < -0.39 is 0 Å². The SMILES string of the molecule is CCn1c(SCC(=O)N[C@@H](C)c2ccccc2)nnc1-c1cccc(Cl)c1. The molecule has 140 valence electrons.